The van der Waals surface area contributed by atoms with Crippen LogP contribution < -0.4 is 10.1 Å². The molecule has 112 valence electrons. The van der Waals surface area contributed by atoms with Gasteiger partial charge in [0, 0.05) is 13.2 Å². The fourth-order valence-electron chi connectivity index (χ4n) is 1.95. The summed E-state index contributed by atoms with van der Waals surface area (Å²) in [6.07, 6.45) is 2.74. The molecule has 0 fully saturated rings. The van der Waals surface area contributed by atoms with Gasteiger partial charge in [0.2, 0.25) is 0 Å². The molecule has 0 saturated heterocycles. The van der Waals surface area contributed by atoms with Crippen molar-refractivity contribution in [3.8, 4) is 5.75 Å². The van der Waals surface area contributed by atoms with Crippen LogP contribution in [0.25, 0.3) is 0 Å². The molecule has 1 unspecified atom stereocenters. The monoisotopic (exact) mass is 299 g/mol. The largest absolute Gasteiger partial charge is 0.482 e. The van der Waals surface area contributed by atoms with Crippen LogP contribution in [0.3, 0.4) is 0 Å². The van der Waals surface area contributed by atoms with Crippen LogP contribution in [0.15, 0.2) is 24.3 Å². The summed E-state index contributed by atoms with van der Waals surface area (Å²) >= 11 is 5.93. The number of nitrogens with one attached hydrogen (secondary N) is 1. The van der Waals surface area contributed by atoms with E-state index in [9.17, 15) is 4.79 Å². The molecule has 0 aliphatic rings. The molecule has 0 heterocycles. The Morgan fingerprint density at radius 2 is 2.15 bits per heavy atom. The van der Waals surface area contributed by atoms with Crippen LogP contribution in [0, 0.1) is 5.92 Å². The summed E-state index contributed by atoms with van der Waals surface area (Å²) in [6, 6.07) is 7.05. The molecule has 0 radical (unpaired) electrons. The van der Waals surface area contributed by atoms with Gasteiger partial charge in [-0.3, -0.25) is 4.79 Å². The second kappa shape index (κ2) is 9.61. The molecule has 1 amide bonds. The molecule has 20 heavy (non-hydrogen) atoms. The van der Waals surface area contributed by atoms with Crippen molar-refractivity contribution in [3.05, 3.63) is 29.3 Å². The normalized spacial score (nSPS) is 11.9. The van der Waals surface area contributed by atoms with Crippen LogP contribution >= 0.6 is 11.6 Å². The van der Waals surface area contributed by atoms with E-state index in [0.717, 1.165) is 12.8 Å². The van der Waals surface area contributed by atoms with Crippen LogP contribution in [0.4, 0.5) is 0 Å². The quantitative estimate of drug-likeness (QED) is 0.737. The lowest BCUT2D eigenvalue weighted by Gasteiger charge is -2.16. The van der Waals surface area contributed by atoms with Crippen molar-refractivity contribution < 1.29 is 14.6 Å². The molecule has 1 atom stereocenters. The molecule has 0 aliphatic carbocycles. The number of carbonyl (C=O) groups excluding carboxylic acids is 1. The van der Waals surface area contributed by atoms with E-state index in [2.05, 4.69) is 12.2 Å². The molecular weight excluding hydrogens is 278 g/mol. The highest BCUT2D eigenvalue weighted by Crippen LogP contribution is 2.22. The molecule has 0 saturated carbocycles. The number of carbonyl (C=O) groups is 1. The number of amides is 1. The van der Waals surface area contributed by atoms with Gasteiger partial charge in [-0.1, -0.05) is 37.1 Å². The Labute approximate surface area is 125 Å². The number of para-hydroxylation sites is 1. The van der Waals surface area contributed by atoms with Gasteiger partial charge in [-0.05, 0) is 30.9 Å². The number of hydrogen-bond acceptors (Lipinski definition) is 3. The third kappa shape index (κ3) is 6.26. The van der Waals surface area contributed by atoms with E-state index in [0.29, 0.717) is 29.7 Å². The standard InChI is InChI=1S/C15H22ClNO3/c1-2-5-12(8-9-18)10-17-15(19)11-20-14-7-4-3-6-13(14)16/h3-4,6-7,12,18H,2,5,8-11H2,1H3,(H,17,19). The Kier molecular flexibility index (Phi) is 8.07. The smallest absolute Gasteiger partial charge is 0.257 e. The van der Waals surface area contributed by atoms with Crippen molar-refractivity contribution in [3.63, 3.8) is 0 Å². The molecular formula is C15H22ClNO3. The van der Waals surface area contributed by atoms with Gasteiger partial charge in [0.15, 0.2) is 6.61 Å². The maximum Gasteiger partial charge on any atom is 0.257 e. The zero-order chi connectivity index (χ0) is 14.8. The molecule has 1 aromatic carbocycles. The van der Waals surface area contributed by atoms with Gasteiger partial charge in [-0.15, -0.1) is 0 Å². The van der Waals surface area contributed by atoms with Gasteiger partial charge >= 0.3 is 0 Å². The summed E-state index contributed by atoms with van der Waals surface area (Å²) in [5, 5.41) is 12.3. The SMILES string of the molecule is CCCC(CCO)CNC(=O)COc1ccccc1Cl. The van der Waals surface area contributed by atoms with Gasteiger partial charge < -0.3 is 15.2 Å². The highest BCUT2D eigenvalue weighted by atomic mass is 35.5. The average molecular weight is 300 g/mol. The van der Waals surface area contributed by atoms with E-state index in [4.69, 9.17) is 21.4 Å². The minimum absolute atomic E-state index is 0.0539. The first-order valence-electron chi connectivity index (χ1n) is 6.92. The van der Waals surface area contributed by atoms with E-state index in [1.807, 2.05) is 0 Å². The Bertz CT molecular complexity index is 406. The number of aliphatic hydroxyl groups excluding tert-OH is 1. The van der Waals surface area contributed by atoms with Gasteiger partial charge in [-0.2, -0.15) is 0 Å². The second-order valence-corrected chi connectivity index (χ2v) is 5.10. The molecule has 0 aliphatic heterocycles. The van der Waals surface area contributed by atoms with E-state index >= 15 is 0 Å². The zero-order valence-electron chi connectivity index (χ0n) is 11.8. The molecule has 2 N–H and O–H groups in total. The van der Waals surface area contributed by atoms with Crippen molar-refractivity contribution in [1.29, 1.82) is 0 Å². The third-order valence-corrected chi connectivity index (χ3v) is 3.33. The Balaban J connectivity index is 2.31. The van der Waals surface area contributed by atoms with E-state index < -0.39 is 0 Å². The summed E-state index contributed by atoms with van der Waals surface area (Å²) in [5.41, 5.74) is 0. The summed E-state index contributed by atoms with van der Waals surface area (Å²) in [6.45, 7) is 2.75. The topological polar surface area (TPSA) is 58.6 Å². The van der Waals surface area contributed by atoms with Crippen molar-refractivity contribution in [2.75, 3.05) is 19.8 Å². The minimum atomic E-state index is -0.177. The van der Waals surface area contributed by atoms with E-state index in [-0.39, 0.29) is 19.1 Å². The highest BCUT2D eigenvalue weighted by molar-refractivity contribution is 6.32. The Morgan fingerprint density at radius 3 is 2.80 bits per heavy atom. The molecule has 0 bridgehead atoms. The number of halogens is 1. The molecule has 4 nitrogen and oxygen atoms in total. The van der Waals surface area contributed by atoms with Gasteiger partial charge in [0.05, 0.1) is 5.02 Å². The van der Waals surface area contributed by atoms with Crippen molar-refractivity contribution in [2.24, 2.45) is 5.92 Å². The van der Waals surface area contributed by atoms with Crippen LogP contribution in [-0.2, 0) is 4.79 Å². The lowest BCUT2D eigenvalue weighted by molar-refractivity contribution is -0.123. The third-order valence-electron chi connectivity index (χ3n) is 3.02. The van der Waals surface area contributed by atoms with E-state index in [1.165, 1.54) is 0 Å². The number of hydrogen-bond donors (Lipinski definition) is 2. The number of benzene rings is 1. The summed E-state index contributed by atoms with van der Waals surface area (Å²) in [5.74, 6) is 0.642. The van der Waals surface area contributed by atoms with Crippen molar-refractivity contribution in [1.82, 2.24) is 5.32 Å². The Morgan fingerprint density at radius 1 is 1.40 bits per heavy atom. The maximum absolute atomic E-state index is 11.7. The van der Waals surface area contributed by atoms with Crippen LogP contribution in [0.1, 0.15) is 26.2 Å². The van der Waals surface area contributed by atoms with Crippen molar-refractivity contribution in [2.45, 2.75) is 26.2 Å². The van der Waals surface area contributed by atoms with Gasteiger partial charge in [-0.25, -0.2) is 0 Å². The first-order valence-corrected chi connectivity index (χ1v) is 7.30. The molecule has 0 spiro atoms. The minimum Gasteiger partial charge on any atom is -0.482 e. The number of rotatable bonds is 9. The summed E-state index contributed by atoms with van der Waals surface area (Å²) in [7, 11) is 0. The fourth-order valence-corrected chi connectivity index (χ4v) is 2.14. The average Bonchev–Trinajstić information content (AvgIpc) is 2.44. The molecule has 5 heteroatoms. The number of ether oxygens (including phenoxy) is 1. The van der Waals surface area contributed by atoms with Gasteiger partial charge in [0.25, 0.3) is 5.91 Å². The summed E-state index contributed by atoms with van der Waals surface area (Å²) < 4.78 is 5.36. The Hall–Kier alpha value is -1.26. The van der Waals surface area contributed by atoms with Crippen LogP contribution in [0.5, 0.6) is 5.75 Å². The van der Waals surface area contributed by atoms with E-state index in [1.54, 1.807) is 24.3 Å². The lowest BCUT2D eigenvalue weighted by atomic mass is 10.0. The lowest BCUT2D eigenvalue weighted by Crippen LogP contribution is -2.33. The molecule has 1 aromatic rings. The molecule has 1 rings (SSSR count). The predicted octanol–water partition coefficient (Wildman–Crippen LogP) is 2.63. The first kappa shape index (κ1) is 16.8. The van der Waals surface area contributed by atoms with Crippen LogP contribution in [0.2, 0.25) is 5.02 Å². The predicted molar refractivity (Wildman–Crippen MR) is 80.1 cm³/mol. The second-order valence-electron chi connectivity index (χ2n) is 4.69. The number of aliphatic hydroxyl groups is 1. The highest BCUT2D eigenvalue weighted by Gasteiger charge is 2.10. The zero-order valence-corrected chi connectivity index (χ0v) is 12.5. The maximum atomic E-state index is 11.7. The van der Waals surface area contributed by atoms with Crippen molar-refractivity contribution >= 4 is 17.5 Å². The van der Waals surface area contributed by atoms with Gasteiger partial charge in [0.1, 0.15) is 5.75 Å². The fraction of sp³-hybridized carbons (Fsp3) is 0.533. The first-order chi connectivity index (χ1) is 9.67. The molecule has 0 aromatic heterocycles. The van der Waals surface area contributed by atoms with Crippen LogP contribution in [-0.4, -0.2) is 30.8 Å². The summed E-state index contributed by atoms with van der Waals surface area (Å²) in [4.78, 5) is 11.7.